The molecule has 2 aromatic heterocycles. The number of benzene rings is 2. The molecular weight excluding hydrogens is 376 g/mol. The van der Waals surface area contributed by atoms with E-state index in [4.69, 9.17) is 11.1 Å². The summed E-state index contributed by atoms with van der Waals surface area (Å²) in [5.74, 6) is -1.55. The molecule has 0 amide bonds. The monoisotopic (exact) mass is 391 g/mol. The molecule has 4 aromatic rings. The summed E-state index contributed by atoms with van der Waals surface area (Å²) in [6, 6.07) is 8.78. The van der Waals surface area contributed by atoms with Crippen molar-refractivity contribution in [1.82, 2.24) is 14.5 Å². The largest absolute Gasteiger partial charge is 0.398 e. The zero-order chi connectivity index (χ0) is 20.5. The lowest BCUT2D eigenvalue weighted by atomic mass is 10.0. The van der Waals surface area contributed by atoms with E-state index in [0.29, 0.717) is 33.4 Å². The molecule has 0 spiro atoms. The molecule has 0 aliphatic rings. The van der Waals surface area contributed by atoms with Crippen molar-refractivity contribution in [2.45, 2.75) is 6.54 Å². The van der Waals surface area contributed by atoms with Gasteiger partial charge < -0.3 is 15.7 Å². The summed E-state index contributed by atoms with van der Waals surface area (Å²) >= 11 is 0. The Morgan fingerprint density at radius 3 is 2.52 bits per heavy atom. The first-order valence-corrected chi connectivity index (χ1v) is 8.66. The first-order valence-electron chi connectivity index (χ1n) is 8.66. The third-order valence-corrected chi connectivity index (χ3v) is 4.68. The lowest BCUT2D eigenvalue weighted by Crippen LogP contribution is -2.22. The second-order valence-electron chi connectivity index (χ2n) is 6.45. The number of nitrogens with one attached hydrogen (secondary N) is 1. The average molecular weight is 391 g/mol. The minimum atomic E-state index is -0.777. The predicted molar refractivity (Wildman–Crippen MR) is 107 cm³/mol. The third kappa shape index (κ3) is 3.36. The lowest BCUT2D eigenvalue weighted by Gasteiger charge is -2.13. The molecule has 2 heterocycles. The molecule has 144 valence electrons. The van der Waals surface area contributed by atoms with Crippen LogP contribution in [0.25, 0.3) is 22.2 Å². The number of rotatable bonds is 4. The van der Waals surface area contributed by atoms with Crippen molar-refractivity contribution in [1.29, 1.82) is 5.41 Å². The molecule has 0 saturated carbocycles. The van der Waals surface area contributed by atoms with Crippen molar-refractivity contribution in [3.8, 4) is 11.1 Å². The molecule has 2 aromatic carbocycles. The molecule has 0 atom stereocenters. The van der Waals surface area contributed by atoms with Crippen LogP contribution in [-0.4, -0.2) is 20.7 Å². The summed E-state index contributed by atoms with van der Waals surface area (Å²) in [4.78, 5) is 20.2. The normalized spacial score (nSPS) is 11.0. The van der Waals surface area contributed by atoms with Gasteiger partial charge in [0, 0.05) is 29.2 Å². The van der Waals surface area contributed by atoms with Crippen LogP contribution >= 0.6 is 0 Å². The zero-order valence-corrected chi connectivity index (χ0v) is 15.1. The molecule has 0 aliphatic carbocycles. The lowest BCUT2D eigenvalue weighted by molar-refractivity contribution is 0.545. The van der Waals surface area contributed by atoms with Crippen LogP contribution in [0.5, 0.6) is 0 Å². The van der Waals surface area contributed by atoms with E-state index in [9.17, 15) is 13.6 Å². The predicted octanol–water partition coefficient (Wildman–Crippen LogP) is 3.36. The van der Waals surface area contributed by atoms with Crippen molar-refractivity contribution < 1.29 is 8.78 Å². The van der Waals surface area contributed by atoms with E-state index in [2.05, 4.69) is 9.97 Å². The maximum atomic E-state index is 14.8. The van der Waals surface area contributed by atoms with Gasteiger partial charge in [-0.2, -0.15) is 0 Å². The summed E-state index contributed by atoms with van der Waals surface area (Å²) in [6.45, 7) is -0.283. The number of pyridine rings is 1. The second-order valence-corrected chi connectivity index (χ2v) is 6.45. The van der Waals surface area contributed by atoms with Crippen LogP contribution in [0.1, 0.15) is 11.1 Å². The number of fused-ring (bicyclic) bond motifs is 1. The first-order chi connectivity index (χ1) is 14.0. The van der Waals surface area contributed by atoms with Gasteiger partial charge >= 0.3 is 0 Å². The van der Waals surface area contributed by atoms with Gasteiger partial charge in [-0.3, -0.25) is 9.78 Å². The minimum absolute atomic E-state index is 0.232. The maximum absolute atomic E-state index is 14.8. The average Bonchev–Trinajstić information content (AvgIpc) is 2.71. The summed E-state index contributed by atoms with van der Waals surface area (Å²) in [6.07, 6.45) is 5.17. The number of aromatic nitrogens is 3. The van der Waals surface area contributed by atoms with Gasteiger partial charge in [-0.1, -0.05) is 12.1 Å². The molecule has 29 heavy (non-hydrogen) atoms. The number of nitrogens with zero attached hydrogens (tertiary/aromatic N) is 3. The number of nitrogens with two attached hydrogens (primary N) is 1. The highest BCUT2D eigenvalue weighted by Crippen LogP contribution is 2.27. The van der Waals surface area contributed by atoms with Gasteiger partial charge in [-0.15, -0.1) is 0 Å². The van der Waals surface area contributed by atoms with E-state index in [1.165, 1.54) is 29.1 Å². The number of nitrogen functional groups attached to an aromatic ring is 1. The van der Waals surface area contributed by atoms with Crippen molar-refractivity contribution in [3.63, 3.8) is 0 Å². The molecule has 0 saturated heterocycles. The maximum Gasteiger partial charge on any atom is 0.269 e. The summed E-state index contributed by atoms with van der Waals surface area (Å²) in [7, 11) is 0. The van der Waals surface area contributed by atoms with E-state index in [1.807, 2.05) is 0 Å². The molecule has 0 aliphatic heterocycles. The molecule has 8 heteroatoms. The molecule has 0 fully saturated rings. The highest BCUT2D eigenvalue weighted by atomic mass is 19.1. The molecule has 0 unspecified atom stereocenters. The zero-order valence-electron chi connectivity index (χ0n) is 15.1. The number of anilines is 1. The topological polar surface area (TPSA) is 97.6 Å². The Balaban J connectivity index is 1.78. The Labute approximate surface area is 163 Å². The van der Waals surface area contributed by atoms with Gasteiger partial charge in [-0.05, 0) is 35.4 Å². The van der Waals surface area contributed by atoms with E-state index in [-0.39, 0.29) is 12.1 Å². The molecular formula is C21H15F2N5O. The van der Waals surface area contributed by atoms with Crippen LogP contribution in [0.4, 0.5) is 14.5 Å². The van der Waals surface area contributed by atoms with Gasteiger partial charge in [0.2, 0.25) is 0 Å². The standard InChI is InChI=1S/C21H15F2N5O/c22-16-5-14(12-1-2-13(8-24)18(25)7-12)6-17(23)15(16)11-28-20-3-4-26-9-19(20)27-10-21(28)29/h1-10,24H,11,25H2. The fourth-order valence-corrected chi connectivity index (χ4v) is 3.15. The van der Waals surface area contributed by atoms with E-state index in [1.54, 1.807) is 24.3 Å². The molecule has 4 rings (SSSR count). The van der Waals surface area contributed by atoms with Crippen molar-refractivity contribution in [2.75, 3.05) is 5.73 Å². The van der Waals surface area contributed by atoms with Gasteiger partial charge in [0.25, 0.3) is 5.56 Å². The van der Waals surface area contributed by atoms with Crippen LogP contribution in [0.15, 0.2) is 59.8 Å². The number of hydrogen-bond acceptors (Lipinski definition) is 5. The van der Waals surface area contributed by atoms with Gasteiger partial charge in [0.1, 0.15) is 17.2 Å². The van der Waals surface area contributed by atoms with Crippen LogP contribution in [-0.2, 0) is 6.54 Å². The number of halogens is 2. The van der Waals surface area contributed by atoms with E-state index >= 15 is 0 Å². The Morgan fingerprint density at radius 2 is 1.83 bits per heavy atom. The Hall–Kier alpha value is -3.94. The van der Waals surface area contributed by atoms with Crippen LogP contribution in [0.3, 0.4) is 0 Å². The van der Waals surface area contributed by atoms with Crippen LogP contribution in [0, 0.1) is 17.0 Å². The molecule has 3 N–H and O–H groups in total. The highest BCUT2D eigenvalue weighted by Gasteiger charge is 2.15. The summed E-state index contributed by atoms with van der Waals surface area (Å²) in [5.41, 5.74) is 7.73. The quantitative estimate of drug-likeness (QED) is 0.412. The fraction of sp³-hybridized carbons (Fsp3) is 0.0476. The Kier molecular flexibility index (Phi) is 4.59. The van der Waals surface area contributed by atoms with Gasteiger partial charge in [-0.25, -0.2) is 13.8 Å². The van der Waals surface area contributed by atoms with Crippen molar-refractivity contribution in [2.24, 2.45) is 0 Å². The van der Waals surface area contributed by atoms with E-state index in [0.717, 1.165) is 12.4 Å². The summed E-state index contributed by atoms with van der Waals surface area (Å²) in [5, 5.41) is 7.28. The smallest absolute Gasteiger partial charge is 0.269 e. The molecule has 0 bridgehead atoms. The van der Waals surface area contributed by atoms with Crippen molar-refractivity contribution >= 4 is 22.9 Å². The second kappa shape index (κ2) is 7.23. The number of hydrogen-bond donors (Lipinski definition) is 2. The van der Waals surface area contributed by atoms with E-state index < -0.39 is 17.2 Å². The Bertz CT molecular complexity index is 1290. The SMILES string of the molecule is N=Cc1ccc(-c2cc(F)c(Cn3c(=O)cnc4cnccc43)c(F)c2)cc1N. The first kappa shape index (κ1) is 18.4. The van der Waals surface area contributed by atoms with Gasteiger partial charge in [0.15, 0.2) is 0 Å². The molecule has 0 radical (unpaired) electrons. The fourth-order valence-electron chi connectivity index (χ4n) is 3.15. The van der Waals surface area contributed by atoms with Crippen LogP contribution in [0.2, 0.25) is 0 Å². The highest BCUT2D eigenvalue weighted by molar-refractivity contribution is 5.87. The summed E-state index contributed by atoms with van der Waals surface area (Å²) < 4.78 is 30.9. The minimum Gasteiger partial charge on any atom is -0.398 e. The van der Waals surface area contributed by atoms with Crippen LogP contribution < -0.4 is 11.3 Å². The Morgan fingerprint density at radius 1 is 1.07 bits per heavy atom. The third-order valence-electron chi connectivity index (χ3n) is 4.68. The van der Waals surface area contributed by atoms with Gasteiger partial charge in [0.05, 0.1) is 24.5 Å². The molecule has 6 nitrogen and oxygen atoms in total. The van der Waals surface area contributed by atoms with Crippen molar-refractivity contribution in [3.05, 3.63) is 88.1 Å².